The maximum atomic E-state index is 13.2. The third kappa shape index (κ3) is 6.45. The maximum Gasteiger partial charge on any atom is 0.328 e. The highest BCUT2D eigenvalue weighted by Gasteiger charge is 2.24. The van der Waals surface area contributed by atoms with E-state index in [2.05, 4.69) is 11.4 Å². The highest BCUT2D eigenvalue weighted by atomic mass is 16.4. The lowest BCUT2D eigenvalue weighted by molar-refractivity contribution is -0.137. The molecule has 196 valence electrons. The molecule has 0 radical (unpaired) electrons. The van der Waals surface area contributed by atoms with Gasteiger partial charge >= 0.3 is 5.97 Å². The molecule has 38 heavy (non-hydrogen) atoms. The molecular formula is C30H31N3O5. The Kier molecular flexibility index (Phi) is 8.53. The zero-order valence-corrected chi connectivity index (χ0v) is 21.3. The summed E-state index contributed by atoms with van der Waals surface area (Å²) < 4.78 is 0. The number of carbonyl (C=O) groups is 4. The molecule has 0 bridgehead atoms. The minimum Gasteiger partial charge on any atom is -0.478 e. The average Bonchev–Trinajstić information content (AvgIpc) is 2.94. The Morgan fingerprint density at radius 1 is 0.868 bits per heavy atom. The first-order chi connectivity index (χ1) is 18.3. The molecule has 8 heteroatoms. The molecule has 3 aromatic carbocycles. The number of hydrogen-bond donors (Lipinski definition) is 2. The predicted molar refractivity (Wildman–Crippen MR) is 145 cm³/mol. The Bertz CT molecular complexity index is 1370. The van der Waals surface area contributed by atoms with E-state index in [9.17, 15) is 19.2 Å². The van der Waals surface area contributed by atoms with Crippen LogP contribution in [-0.2, 0) is 20.8 Å². The fraction of sp³-hybridized carbons (Fsp3) is 0.267. The van der Waals surface area contributed by atoms with Crippen LogP contribution < -0.4 is 5.32 Å². The summed E-state index contributed by atoms with van der Waals surface area (Å²) >= 11 is 0. The van der Waals surface area contributed by atoms with Crippen molar-refractivity contribution in [2.24, 2.45) is 0 Å². The van der Waals surface area contributed by atoms with Gasteiger partial charge in [-0.2, -0.15) is 0 Å². The van der Waals surface area contributed by atoms with Crippen LogP contribution in [-0.4, -0.2) is 64.8 Å². The lowest BCUT2D eigenvalue weighted by Crippen LogP contribution is -2.50. The van der Waals surface area contributed by atoms with Crippen molar-refractivity contribution in [3.8, 4) is 0 Å². The van der Waals surface area contributed by atoms with E-state index in [1.54, 1.807) is 11.0 Å². The molecule has 1 fully saturated rings. The molecule has 0 unspecified atom stereocenters. The smallest absolute Gasteiger partial charge is 0.328 e. The third-order valence-electron chi connectivity index (χ3n) is 6.82. The molecule has 0 saturated carbocycles. The molecule has 3 amide bonds. The SMILES string of the molecule is C[C@@H](NC(=O)c1ccccc1CCC(=O)N1CCN(C(=O)/C=C/C(=O)O)CC1)c1cccc2ccccc12. The Morgan fingerprint density at radius 3 is 2.29 bits per heavy atom. The van der Waals surface area contributed by atoms with Crippen molar-refractivity contribution in [1.29, 1.82) is 0 Å². The molecule has 3 aromatic rings. The van der Waals surface area contributed by atoms with Crippen LogP contribution in [0.4, 0.5) is 0 Å². The van der Waals surface area contributed by atoms with Crippen molar-refractivity contribution in [2.45, 2.75) is 25.8 Å². The second-order valence-corrected chi connectivity index (χ2v) is 9.30. The Balaban J connectivity index is 1.34. The highest BCUT2D eigenvalue weighted by molar-refractivity contribution is 5.97. The van der Waals surface area contributed by atoms with Crippen molar-refractivity contribution < 1.29 is 24.3 Å². The van der Waals surface area contributed by atoms with Crippen LogP contribution >= 0.6 is 0 Å². The number of amides is 3. The fourth-order valence-corrected chi connectivity index (χ4v) is 4.76. The van der Waals surface area contributed by atoms with Gasteiger partial charge in [0.15, 0.2) is 0 Å². The summed E-state index contributed by atoms with van der Waals surface area (Å²) in [7, 11) is 0. The molecule has 2 N–H and O–H groups in total. The van der Waals surface area contributed by atoms with Crippen LogP contribution in [0.5, 0.6) is 0 Å². The molecule has 1 aliphatic heterocycles. The number of nitrogens with one attached hydrogen (secondary N) is 1. The predicted octanol–water partition coefficient (Wildman–Crippen LogP) is 3.58. The van der Waals surface area contributed by atoms with Crippen LogP contribution in [0.25, 0.3) is 10.8 Å². The number of carboxylic acids is 1. The number of rotatable bonds is 8. The van der Waals surface area contributed by atoms with Gasteiger partial charge in [0.05, 0.1) is 6.04 Å². The van der Waals surface area contributed by atoms with Crippen molar-refractivity contribution in [2.75, 3.05) is 26.2 Å². The number of aryl methyl sites for hydroxylation is 1. The summed E-state index contributed by atoms with van der Waals surface area (Å²) in [5, 5.41) is 14.0. The van der Waals surface area contributed by atoms with Gasteiger partial charge in [0.25, 0.3) is 5.91 Å². The summed E-state index contributed by atoms with van der Waals surface area (Å²) in [6, 6.07) is 21.3. The van der Waals surface area contributed by atoms with E-state index in [1.165, 1.54) is 4.90 Å². The summed E-state index contributed by atoms with van der Waals surface area (Å²) in [5.41, 5.74) is 2.39. The van der Waals surface area contributed by atoms with E-state index in [0.29, 0.717) is 38.2 Å². The number of aliphatic carboxylic acids is 1. The first kappa shape index (κ1) is 26.6. The van der Waals surface area contributed by atoms with Gasteiger partial charge in [-0.15, -0.1) is 0 Å². The second-order valence-electron chi connectivity index (χ2n) is 9.30. The van der Waals surface area contributed by atoms with Gasteiger partial charge in [-0.05, 0) is 41.3 Å². The molecule has 0 spiro atoms. The molecule has 0 aliphatic carbocycles. The first-order valence-electron chi connectivity index (χ1n) is 12.7. The van der Waals surface area contributed by atoms with Crippen LogP contribution in [0.3, 0.4) is 0 Å². The van der Waals surface area contributed by atoms with Crippen LogP contribution in [0.15, 0.2) is 78.9 Å². The van der Waals surface area contributed by atoms with Crippen LogP contribution in [0.2, 0.25) is 0 Å². The average molecular weight is 514 g/mol. The number of hydrogen-bond acceptors (Lipinski definition) is 4. The standard InChI is InChI=1S/C30H31N3O5/c1-21(24-12-6-9-22-7-2-4-10-25(22)24)31-30(38)26-11-5-3-8-23(26)13-14-27(34)32-17-19-33(20-18-32)28(35)15-16-29(36)37/h2-12,15-16,21H,13-14,17-20H2,1H3,(H,31,38)(H,36,37)/b16-15+/t21-/m1/s1. The van der Waals surface area contributed by atoms with E-state index in [4.69, 9.17) is 5.11 Å². The van der Waals surface area contributed by atoms with E-state index < -0.39 is 5.97 Å². The monoisotopic (exact) mass is 513 g/mol. The number of piperazine rings is 1. The van der Waals surface area contributed by atoms with Gasteiger partial charge in [-0.1, -0.05) is 60.7 Å². The van der Waals surface area contributed by atoms with Crippen molar-refractivity contribution in [3.05, 3.63) is 95.6 Å². The van der Waals surface area contributed by atoms with Crippen LogP contribution in [0, 0.1) is 0 Å². The molecule has 1 aliphatic rings. The maximum absolute atomic E-state index is 13.2. The summed E-state index contributed by atoms with van der Waals surface area (Å²) in [6.07, 6.45) is 2.51. The van der Waals surface area contributed by atoms with Crippen molar-refractivity contribution in [1.82, 2.24) is 15.1 Å². The van der Waals surface area contributed by atoms with Gasteiger partial charge < -0.3 is 20.2 Å². The third-order valence-corrected chi connectivity index (χ3v) is 6.82. The zero-order valence-electron chi connectivity index (χ0n) is 21.3. The molecular weight excluding hydrogens is 482 g/mol. The number of carboxylic acid groups (broad SMARTS) is 1. The minimum absolute atomic E-state index is 0.0440. The van der Waals surface area contributed by atoms with Gasteiger partial charge in [-0.25, -0.2) is 4.79 Å². The zero-order chi connectivity index (χ0) is 27.1. The van der Waals surface area contributed by atoms with E-state index in [1.807, 2.05) is 61.5 Å². The highest BCUT2D eigenvalue weighted by Crippen LogP contribution is 2.24. The summed E-state index contributed by atoms with van der Waals surface area (Å²) in [4.78, 5) is 52.0. The molecule has 1 saturated heterocycles. The van der Waals surface area contributed by atoms with E-state index in [0.717, 1.165) is 34.1 Å². The lowest BCUT2D eigenvalue weighted by Gasteiger charge is -2.34. The van der Waals surface area contributed by atoms with Crippen molar-refractivity contribution in [3.63, 3.8) is 0 Å². The molecule has 8 nitrogen and oxygen atoms in total. The van der Waals surface area contributed by atoms with Gasteiger partial charge in [0.2, 0.25) is 11.8 Å². The molecule has 4 rings (SSSR count). The Morgan fingerprint density at radius 2 is 1.53 bits per heavy atom. The summed E-state index contributed by atoms with van der Waals surface area (Å²) in [6.45, 7) is 3.43. The topological polar surface area (TPSA) is 107 Å². The largest absolute Gasteiger partial charge is 0.478 e. The van der Waals surface area contributed by atoms with Gasteiger partial charge in [0, 0.05) is 50.3 Å². The molecule has 0 aromatic heterocycles. The normalized spacial score (nSPS) is 14.4. The van der Waals surface area contributed by atoms with E-state index >= 15 is 0 Å². The fourth-order valence-electron chi connectivity index (χ4n) is 4.76. The first-order valence-corrected chi connectivity index (χ1v) is 12.7. The van der Waals surface area contributed by atoms with Crippen molar-refractivity contribution >= 4 is 34.5 Å². The number of carbonyl (C=O) groups excluding carboxylic acids is 3. The molecule has 1 heterocycles. The van der Waals surface area contributed by atoms with Crippen LogP contribution in [0.1, 0.15) is 40.9 Å². The summed E-state index contributed by atoms with van der Waals surface area (Å²) in [5.74, 6) is -1.78. The quantitative estimate of drug-likeness (QED) is 0.448. The number of nitrogens with zero attached hydrogens (tertiary/aromatic N) is 2. The second kappa shape index (κ2) is 12.2. The van der Waals surface area contributed by atoms with Gasteiger partial charge in [-0.3, -0.25) is 14.4 Å². The molecule has 1 atom stereocenters. The Hall–Kier alpha value is -4.46. The lowest BCUT2D eigenvalue weighted by atomic mass is 9.98. The Labute approximate surface area is 221 Å². The number of fused-ring (bicyclic) bond motifs is 1. The minimum atomic E-state index is -1.18. The number of benzene rings is 3. The van der Waals surface area contributed by atoms with Gasteiger partial charge in [0.1, 0.15) is 0 Å². The van der Waals surface area contributed by atoms with E-state index in [-0.39, 0.29) is 30.2 Å².